The van der Waals surface area contributed by atoms with Crippen molar-refractivity contribution in [3.8, 4) is 0 Å². The molecule has 2 N–H and O–H groups in total. The summed E-state index contributed by atoms with van der Waals surface area (Å²) in [4.78, 5) is 31.6. The number of aromatic nitrogens is 1. The summed E-state index contributed by atoms with van der Waals surface area (Å²) < 4.78 is 0. The highest BCUT2D eigenvalue weighted by atomic mass is 32.1. The molecule has 0 atom stereocenters. The first-order chi connectivity index (χ1) is 9.99. The van der Waals surface area contributed by atoms with Gasteiger partial charge < -0.3 is 15.5 Å². The summed E-state index contributed by atoms with van der Waals surface area (Å²) in [5, 5.41) is 1.97. The van der Waals surface area contributed by atoms with Crippen LogP contribution in [-0.2, 0) is 4.79 Å². The van der Waals surface area contributed by atoms with Gasteiger partial charge in [-0.25, -0.2) is 4.98 Å². The minimum absolute atomic E-state index is 0.0269. The summed E-state index contributed by atoms with van der Waals surface area (Å²) >= 11 is 1.22. The molecule has 0 aliphatic heterocycles. The smallest absolute Gasteiger partial charge is 0.273 e. The molecule has 1 aliphatic rings. The van der Waals surface area contributed by atoms with Crippen molar-refractivity contribution in [2.24, 2.45) is 0 Å². The third-order valence-electron chi connectivity index (χ3n) is 3.98. The molecule has 0 unspecified atom stereocenters. The van der Waals surface area contributed by atoms with Gasteiger partial charge in [-0.1, -0.05) is 19.3 Å². The van der Waals surface area contributed by atoms with E-state index in [0.717, 1.165) is 12.8 Å². The maximum atomic E-state index is 12.3. The van der Waals surface area contributed by atoms with E-state index < -0.39 is 0 Å². The maximum Gasteiger partial charge on any atom is 0.273 e. The molecule has 2 rings (SSSR count). The van der Waals surface area contributed by atoms with Gasteiger partial charge in [0.15, 0.2) is 5.13 Å². The lowest BCUT2D eigenvalue weighted by atomic mass is 9.94. The lowest BCUT2D eigenvalue weighted by Crippen LogP contribution is -2.44. The van der Waals surface area contributed by atoms with Crippen LogP contribution in [-0.4, -0.2) is 53.3 Å². The van der Waals surface area contributed by atoms with Gasteiger partial charge >= 0.3 is 0 Å². The van der Waals surface area contributed by atoms with Crippen LogP contribution in [0.5, 0.6) is 0 Å². The van der Waals surface area contributed by atoms with E-state index in [1.54, 1.807) is 17.3 Å². The van der Waals surface area contributed by atoms with Crippen LogP contribution in [0.15, 0.2) is 5.38 Å². The SMILES string of the molecule is CN(CC(=O)N(C)C1CCCCC1)C(=O)c1csc(N)n1. The Morgan fingerprint density at radius 1 is 1.33 bits per heavy atom. The summed E-state index contributed by atoms with van der Waals surface area (Å²) in [6, 6.07) is 0.310. The number of carbonyl (C=O) groups is 2. The van der Waals surface area contributed by atoms with E-state index in [-0.39, 0.29) is 18.4 Å². The summed E-state index contributed by atoms with van der Waals surface area (Å²) in [6.07, 6.45) is 5.72. The van der Waals surface area contributed by atoms with Gasteiger partial charge in [0.25, 0.3) is 5.91 Å². The van der Waals surface area contributed by atoms with E-state index in [9.17, 15) is 9.59 Å². The summed E-state index contributed by atoms with van der Waals surface area (Å²) in [6.45, 7) is 0.0727. The molecular weight excluding hydrogens is 288 g/mol. The molecule has 0 saturated heterocycles. The lowest BCUT2D eigenvalue weighted by Gasteiger charge is -2.32. The average Bonchev–Trinajstić information content (AvgIpc) is 2.93. The van der Waals surface area contributed by atoms with Crippen LogP contribution in [0.1, 0.15) is 42.6 Å². The van der Waals surface area contributed by atoms with Gasteiger partial charge in [0.05, 0.1) is 6.54 Å². The van der Waals surface area contributed by atoms with E-state index in [0.29, 0.717) is 16.9 Å². The van der Waals surface area contributed by atoms with Gasteiger partial charge in [0.2, 0.25) is 5.91 Å². The first-order valence-corrected chi connectivity index (χ1v) is 8.09. The van der Waals surface area contributed by atoms with Gasteiger partial charge in [0.1, 0.15) is 5.69 Å². The Kier molecular flexibility index (Phi) is 5.17. The molecule has 0 bridgehead atoms. The third kappa shape index (κ3) is 3.93. The minimum Gasteiger partial charge on any atom is -0.375 e. The van der Waals surface area contributed by atoms with Crippen LogP contribution < -0.4 is 5.73 Å². The average molecular weight is 310 g/mol. The van der Waals surface area contributed by atoms with E-state index in [2.05, 4.69) is 4.98 Å². The van der Waals surface area contributed by atoms with Crippen LogP contribution in [0, 0.1) is 0 Å². The monoisotopic (exact) mass is 310 g/mol. The number of anilines is 1. The molecule has 0 aromatic carbocycles. The highest BCUT2D eigenvalue weighted by Crippen LogP contribution is 2.21. The number of nitrogens with zero attached hydrogens (tertiary/aromatic N) is 3. The molecule has 0 radical (unpaired) electrons. The van der Waals surface area contributed by atoms with Gasteiger partial charge in [0, 0.05) is 25.5 Å². The molecule has 2 amide bonds. The lowest BCUT2D eigenvalue weighted by molar-refractivity contribution is -0.133. The number of amides is 2. The number of likely N-dealkylation sites (N-methyl/N-ethyl adjacent to an activating group) is 2. The van der Waals surface area contributed by atoms with Crippen molar-refractivity contribution in [3.63, 3.8) is 0 Å². The molecule has 1 saturated carbocycles. The first kappa shape index (κ1) is 15.8. The number of carbonyl (C=O) groups excluding carboxylic acids is 2. The van der Waals surface area contributed by atoms with Crippen molar-refractivity contribution in [1.82, 2.24) is 14.8 Å². The predicted octanol–water partition coefficient (Wildman–Crippen LogP) is 1.59. The number of thiazole rings is 1. The van der Waals surface area contributed by atoms with Crippen molar-refractivity contribution in [2.45, 2.75) is 38.1 Å². The van der Waals surface area contributed by atoms with Crippen LogP contribution in [0.3, 0.4) is 0 Å². The Bertz CT molecular complexity index is 511. The van der Waals surface area contributed by atoms with Gasteiger partial charge in [-0.3, -0.25) is 9.59 Å². The number of hydrogen-bond acceptors (Lipinski definition) is 5. The molecule has 116 valence electrons. The standard InChI is InChI=1S/C14H22N4O2S/c1-17(13(20)11-9-21-14(15)16-11)8-12(19)18(2)10-6-4-3-5-7-10/h9-10H,3-8H2,1-2H3,(H2,15,16). The van der Waals surface area contributed by atoms with E-state index in [1.807, 2.05) is 7.05 Å². The van der Waals surface area contributed by atoms with Crippen LogP contribution in [0.4, 0.5) is 5.13 Å². The van der Waals surface area contributed by atoms with Gasteiger partial charge in [-0.15, -0.1) is 11.3 Å². The molecule has 1 heterocycles. The Morgan fingerprint density at radius 3 is 2.57 bits per heavy atom. The molecule has 1 fully saturated rings. The zero-order chi connectivity index (χ0) is 15.4. The molecule has 7 heteroatoms. The van der Waals surface area contributed by atoms with Crippen LogP contribution >= 0.6 is 11.3 Å². The Hall–Kier alpha value is -1.63. The van der Waals surface area contributed by atoms with Crippen LogP contribution in [0.25, 0.3) is 0 Å². The second-order valence-corrected chi connectivity index (χ2v) is 6.42. The largest absolute Gasteiger partial charge is 0.375 e. The Labute approximate surface area is 128 Å². The van der Waals surface area contributed by atoms with Crippen molar-refractivity contribution in [1.29, 1.82) is 0 Å². The minimum atomic E-state index is -0.270. The summed E-state index contributed by atoms with van der Waals surface area (Å²) in [5.41, 5.74) is 5.82. The molecule has 0 spiro atoms. The molecule has 1 aliphatic carbocycles. The Morgan fingerprint density at radius 2 is 2.00 bits per heavy atom. The highest BCUT2D eigenvalue weighted by Gasteiger charge is 2.24. The second-order valence-electron chi connectivity index (χ2n) is 5.53. The van der Waals surface area contributed by atoms with E-state index in [4.69, 9.17) is 5.73 Å². The highest BCUT2D eigenvalue weighted by molar-refractivity contribution is 7.13. The molecule has 6 nitrogen and oxygen atoms in total. The first-order valence-electron chi connectivity index (χ1n) is 7.21. The number of nitrogens with two attached hydrogens (primary N) is 1. The zero-order valence-corrected chi connectivity index (χ0v) is 13.4. The second kappa shape index (κ2) is 6.89. The predicted molar refractivity (Wildman–Crippen MR) is 83.1 cm³/mol. The van der Waals surface area contributed by atoms with Crippen molar-refractivity contribution >= 4 is 28.3 Å². The normalized spacial score (nSPS) is 15.7. The number of nitrogen functional groups attached to an aromatic ring is 1. The van der Waals surface area contributed by atoms with Crippen molar-refractivity contribution in [3.05, 3.63) is 11.1 Å². The topological polar surface area (TPSA) is 79.5 Å². The van der Waals surface area contributed by atoms with Crippen molar-refractivity contribution < 1.29 is 9.59 Å². The van der Waals surface area contributed by atoms with Crippen LogP contribution in [0.2, 0.25) is 0 Å². The van der Waals surface area contributed by atoms with Gasteiger partial charge in [-0.05, 0) is 12.8 Å². The Balaban J connectivity index is 1.90. The van der Waals surface area contributed by atoms with E-state index in [1.165, 1.54) is 35.5 Å². The molecule has 1 aromatic rings. The zero-order valence-electron chi connectivity index (χ0n) is 12.5. The quantitative estimate of drug-likeness (QED) is 0.916. The molecule has 1 aromatic heterocycles. The fourth-order valence-corrected chi connectivity index (χ4v) is 3.18. The number of hydrogen-bond donors (Lipinski definition) is 1. The summed E-state index contributed by atoms with van der Waals surface area (Å²) in [7, 11) is 3.45. The maximum absolute atomic E-state index is 12.3. The summed E-state index contributed by atoms with van der Waals surface area (Å²) in [5.74, 6) is -0.297. The van der Waals surface area contributed by atoms with Crippen molar-refractivity contribution in [2.75, 3.05) is 26.4 Å². The molecular formula is C14H22N4O2S. The fraction of sp³-hybridized carbons (Fsp3) is 0.643. The number of rotatable bonds is 4. The van der Waals surface area contributed by atoms with E-state index >= 15 is 0 Å². The molecule has 21 heavy (non-hydrogen) atoms. The third-order valence-corrected chi connectivity index (χ3v) is 4.65. The van der Waals surface area contributed by atoms with Gasteiger partial charge in [-0.2, -0.15) is 0 Å². The fourth-order valence-electron chi connectivity index (χ4n) is 2.64.